The third-order valence-corrected chi connectivity index (χ3v) is 8.71. The minimum absolute atomic E-state index is 0.0634. The Morgan fingerprint density at radius 3 is 2.41 bits per heavy atom. The number of nitriles is 1. The topological polar surface area (TPSA) is 98.6 Å². The molecule has 1 aliphatic heterocycles. The number of nitrogens with one attached hydrogen (secondary N) is 1. The summed E-state index contributed by atoms with van der Waals surface area (Å²) in [5.41, 5.74) is 3.28. The first-order valence-electron chi connectivity index (χ1n) is 15.7. The van der Waals surface area contributed by atoms with Gasteiger partial charge in [-0.15, -0.1) is 0 Å². The second-order valence-electron chi connectivity index (χ2n) is 13.0. The molecule has 8 heteroatoms. The minimum Gasteiger partial charge on any atom is -0.372 e. The summed E-state index contributed by atoms with van der Waals surface area (Å²) in [6.07, 6.45) is 10.7. The second kappa shape index (κ2) is 14.0. The first kappa shape index (κ1) is 31.2. The zero-order chi connectivity index (χ0) is 31.1. The predicted octanol–water partition coefficient (Wildman–Crippen LogP) is 6.04. The number of benzene rings is 2. The van der Waals surface area contributed by atoms with Crippen LogP contribution >= 0.6 is 0 Å². The summed E-state index contributed by atoms with van der Waals surface area (Å²) < 4.78 is 6.18. The van der Waals surface area contributed by atoms with Gasteiger partial charge in [-0.25, -0.2) is 0 Å². The maximum atomic E-state index is 14.7. The molecule has 8 nitrogen and oxygen atoms in total. The molecule has 3 aromatic rings. The average Bonchev–Trinajstić information content (AvgIpc) is 3.47. The van der Waals surface area contributed by atoms with Crippen molar-refractivity contribution in [3.05, 3.63) is 95.8 Å². The first-order chi connectivity index (χ1) is 21.2. The maximum Gasteiger partial charge on any atom is 0.251 e. The zero-order valence-corrected chi connectivity index (χ0v) is 26.0. The van der Waals surface area contributed by atoms with E-state index >= 15 is 0 Å². The molecule has 3 atom stereocenters. The van der Waals surface area contributed by atoms with Gasteiger partial charge >= 0.3 is 0 Å². The van der Waals surface area contributed by atoms with Crippen LogP contribution in [0.25, 0.3) is 0 Å². The van der Waals surface area contributed by atoms with Crippen LogP contribution < -0.4 is 10.2 Å². The second-order valence-corrected chi connectivity index (χ2v) is 13.0. The molecular formula is C36H43N5O3. The van der Waals surface area contributed by atoms with Gasteiger partial charge in [-0.2, -0.15) is 5.26 Å². The van der Waals surface area contributed by atoms with Crippen molar-refractivity contribution in [2.45, 2.75) is 95.5 Å². The molecule has 1 aromatic heterocycles. The van der Waals surface area contributed by atoms with Gasteiger partial charge in [0.1, 0.15) is 12.1 Å². The van der Waals surface area contributed by atoms with Gasteiger partial charge in [-0.05, 0) is 47.6 Å². The Labute approximate surface area is 261 Å². The molecule has 1 aliphatic carbocycles. The maximum absolute atomic E-state index is 14.7. The van der Waals surface area contributed by atoms with E-state index in [-0.39, 0.29) is 29.4 Å². The van der Waals surface area contributed by atoms with Gasteiger partial charge in [0.2, 0.25) is 5.91 Å². The van der Waals surface area contributed by atoms with Crippen molar-refractivity contribution in [1.29, 1.82) is 5.26 Å². The molecule has 1 saturated carbocycles. The number of anilines is 1. The van der Waals surface area contributed by atoms with Crippen molar-refractivity contribution in [1.82, 2.24) is 15.2 Å². The molecule has 0 radical (unpaired) electrons. The van der Waals surface area contributed by atoms with Crippen LogP contribution in [0.2, 0.25) is 0 Å². The summed E-state index contributed by atoms with van der Waals surface area (Å²) in [7, 11) is 0. The van der Waals surface area contributed by atoms with Crippen LogP contribution in [0.1, 0.15) is 82.0 Å². The smallest absolute Gasteiger partial charge is 0.251 e. The standard InChI is InChI=1S/C36H43N5O3/c1-36(2,3)28-16-18-30(19-17-28)41(33(27-13-10-20-38-22-27)34(42)39-29-14-8-5-9-15-29)35(43)32-21-31(23-40(32)25-37)44-24-26-11-6-4-7-12-26/h4,6-7,10-13,16-20,22,29,31-33H,5,8-9,14-15,21,23-24H2,1-3H3,(H,39,42)/t31-,32+,33?/m0/s1. The number of carbonyl (C=O) groups is 2. The molecule has 5 rings (SSSR count). The highest BCUT2D eigenvalue weighted by Crippen LogP contribution is 2.34. The van der Waals surface area contributed by atoms with Crippen LogP contribution in [0.4, 0.5) is 5.69 Å². The molecular weight excluding hydrogens is 550 g/mol. The van der Waals surface area contributed by atoms with E-state index in [4.69, 9.17) is 4.74 Å². The van der Waals surface area contributed by atoms with Crippen molar-refractivity contribution in [2.75, 3.05) is 11.4 Å². The molecule has 0 bridgehead atoms. The van der Waals surface area contributed by atoms with Gasteiger partial charge in [0.15, 0.2) is 6.19 Å². The Hall–Kier alpha value is -4.22. The van der Waals surface area contributed by atoms with Gasteiger partial charge in [0.05, 0.1) is 19.3 Å². The lowest BCUT2D eigenvalue weighted by molar-refractivity contribution is -0.128. The summed E-state index contributed by atoms with van der Waals surface area (Å²) in [5, 5.41) is 13.4. The highest BCUT2D eigenvalue weighted by atomic mass is 16.5. The lowest BCUT2D eigenvalue weighted by Gasteiger charge is -2.35. The number of pyridine rings is 1. The summed E-state index contributed by atoms with van der Waals surface area (Å²) in [5.74, 6) is -0.551. The number of aromatic nitrogens is 1. The normalized spacial score (nSPS) is 19.6. The lowest BCUT2D eigenvalue weighted by Crippen LogP contribution is -2.51. The Bertz CT molecular complexity index is 1430. The van der Waals surface area contributed by atoms with Gasteiger partial charge in [-0.1, -0.05) is 88.6 Å². The van der Waals surface area contributed by atoms with Gasteiger partial charge in [-0.3, -0.25) is 24.4 Å². The number of nitrogens with zero attached hydrogens (tertiary/aromatic N) is 4. The molecule has 2 aliphatic rings. The van der Waals surface area contributed by atoms with E-state index in [0.717, 1.165) is 36.8 Å². The third kappa shape index (κ3) is 7.46. The fraction of sp³-hybridized carbons (Fsp3) is 0.444. The first-order valence-corrected chi connectivity index (χ1v) is 15.7. The van der Waals surface area contributed by atoms with Crippen molar-refractivity contribution < 1.29 is 14.3 Å². The molecule has 2 heterocycles. The molecule has 1 unspecified atom stereocenters. The molecule has 2 aromatic carbocycles. The summed E-state index contributed by atoms with van der Waals surface area (Å²) in [6.45, 7) is 7.12. The monoisotopic (exact) mass is 593 g/mol. The van der Waals surface area contributed by atoms with E-state index in [1.807, 2.05) is 60.7 Å². The van der Waals surface area contributed by atoms with Gasteiger partial charge in [0, 0.05) is 36.1 Å². The summed E-state index contributed by atoms with van der Waals surface area (Å²) in [6, 6.07) is 19.7. The van der Waals surface area contributed by atoms with Crippen LogP contribution in [0, 0.1) is 11.5 Å². The molecule has 44 heavy (non-hydrogen) atoms. The van der Waals surface area contributed by atoms with Crippen molar-refractivity contribution in [3.63, 3.8) is 0 Å². The van der Waals surface area contributed by atoms with Crippen molar-refractivity contribution >= 4 is 17.5 Å². The van der Waals surface area contributed by atoms with E-state index in [1.165, 1.54) is 11.3 Å². The van der Waals surface area contributed by atoms with E-state index in [0.29, 0.717) is 30.8 Å². The Kier molecular flexibility index (Phi) is 9.96. The van der Waals surface area contributed by atoms with E-state index in [2.05, 4.69) is 37.3 Å². The van der Waals surface area contributed by atoms with Crippen LogP contribution in [0.15, 0.2) is 79.1 Å². The van der Waals surface area contributed by atoms with Crippen LogP contribution in [-0.2, 0) is 26.3 Å². The quantitative estimate of drug-likeness (QED) is 0.304. The minimum atomic E-state index is -0.955. The SMILES string of the molecule is CC(C)(C)c1ccc(N(C(=O)[C@H]2C[C@H](OCc3ccccc3)CN2C#N)C(C(=O)NC2CCCCC2)c2cccnc2)cc1. The molecule has 1 N–H and O–H groups in total. The predicted molar refractivity (Wildman–Crippen MR) is 170 cm³/mol. The highest BCUT2D eigenvalue weighted by molar-refractivity contribution is 6.04. The van der Waals surface area contributed by atoms with E-state index in [9.17, 15) is 14.9 Å². The number of ether oxygens (including phenoxy) is 1. The molecule has 1 saturated heterocycles. The molecule has 2 fully saturated rings. The summed E-state index contributed by atoms with van der Waals surface area (Å²) in [4.78, 5) is 36.3. The number of carbonyl (C=O) groups excluding carboxylic acids is 2. The third-order valence-electron chi connectivity index (χ3n) is 8.71. The van der Waals surface area contributed by atoms with Gasteiger partial charge in [0.25, 0.3) is 5.91 Å². The van der Waals surface area contributed by atoms with Crippen molar-refractivity contribution in [3.8, 4) is 6.19 Å². The fourth-order valence-electron chi connectivity index (χ4n) is 6.22. The van der Waals surface area contributed by atoms with Crippen molar-refractivity contribution in [2.24, 2.45) is 0 Å². The lowest BCUT2D eigenvalue weighted by atomic mass is 9.87. The number of amides is 2. The Morgan fingerprint density at radius 1 is 1.05 bits per heavy atom. The molecule has 0 spiro atoms. The van der Waals surface area contributed by atoms with E-state index < -0.39 is 12.1 Å². The van der Waals surface area contributed by atoms with Crippen LogP contribution in [-0.4, -0.2) is 46.4 Å². The number of hydrogen-bond donors (Lipinski definition) is 1. The number of likely N-dealkylation sites (tertiary alicyclic amines) is 1. The summed E-state index contributed by atoms with van der Waals surface area (Å²) >= 11 is 0. The van der Waals surface area contributed by atoms with E-state index in [1.54, 1.807) is 23.4 Å². The van der Waals surface area contributed by atoms with Crippen LogP contribution in [0.5, 0.6) is 0 Å². The molecule has 230 valence electrons. The number of rotatable bonds is 9. The zero-order valence-electron chi connectivity index (χ0n) is 26.0. The fourth-order valence-corrected chi connectivity index (χ4v) is 6.22. The Balaban J connectivity index is 1.49. The number of hydrogen-bond acceptors (Lipinski definition) is 6. The average molecular weight is 594 g/mol. The largest absolute Gasteiger partial charge is 0.372 e. The highest BCUT2D eigenvalue weighted by Gasteiger charge is 2.43. The van der Waals surface area contributed by atoms with Crippen LogP contribution in [0.3, 0.4) is 0 Å². The van der Waals surface area contributed by atoms with Gasteiger partial charge < -0.3 is 10.1 Å². The molecule has 2 amide bonds. The Morgan fingerprint density at radius 2 is 1.77 bits per heavy atom.